The van der Waals surface area contributed by atoms with Crippen molar-refractivity contribution >= 4 is 28.4 Å². The second-order valence-corrected chi connectivity index (χ2v) is 5.61. The van der Waals surface area contributed by atoms with Crippen molar-refractivity contribution in [3.05, 3.63) is 59.9 Å². The monoisotopic (exact) mass is 320 g/mol. The molecule has 2 amide bonds. The van der Waals surface area contributed by atoms with Crippen molar-refractivity contribution in [1.29, 1.82) is 0 Å². The molecule has 0 spiro atoms. The molecule has 24 heavy (non-hydrogen) atoms. The summed E-state index contributed by atoms with van der Waals surface area (Å²) < 4.78 is 0. The largest absolute Gasteiger partial charge is 0.326 e. The number of fused-ring (bicyclic) bond motifs is 1. The normalized spacial score (nSPS) is 10.6. The second-order valence-electron chi connectivity index (χ2n) is 5.61. The highest BCUT2D eigenvalue weighted by molar-refractivity contribution is 6.02. The molecule has 3 aromatic rings. The average Bonchev–Trinajstić information content (AvgIpc) is 2.58. The maximum Gasteiger partial charge on any atom is 0.326 e. The van der Waals surface area contributed by atoms with Gasteiger partial charge in [0.25, 0.3) is 0 Å². The number of nitrogens with one attached hydrogen (secondary N) is 1. The van der Waals surface area contributed by atoms with Crippen LogP contribution in [-0.2, 0) is 0 Å². The lowest BCUT2D eigenvalue weighted by Gasteiger charge is -2.21. The highest BCUT2D eigenvalue weighted by Gasteiger charge is 2.14. The van der Waals surface area contributed by atoms with E-state index >= 15 is 0 Å². The lowest BCUT2D eigenvalue weighted by Crippen LogP contribution is -2.34. The number of hydrogen-bond donors (Lipinski definition) is 1. The van der Waals surface area contributed by atoms with Gasteiger partial charge in [0, 0.05) is 17.9 Å². The van der Waals surface area contributed by atoms with E-state index in [0.717, 1.165) is 28.1 Å². The minimum Gasteiger partial charge on any atom is -0.307 e. The molecule has 0 unspecified atom stereocenters. The van der Waals surface area contributed by atoms with Crippen LogP contribution in [0.25, 0.3) is 11.0 Å². The standard InChI is InChI=1S/C19H20N4O/c1-4-23(16-8-6-5-7-9-16)19(24)22-15-10-11-17-18(12-15)21-14(3)13(2)20-17/h5-12H,4H2,1-3H3,(H,22,24). The Labute approximate surface area is 141 Å². The SMILES string of the molecule is CCN(C(=O)Nc1ccc2nc(C)c(C)nc2c1)c1ccccc1. The van der Waals surface area contributed by atoms with Crippen LogP contribution in [0.5, 0.6) is 0 Å². The molecule has 122 valence electrons. The third-order valence-corrected chi connectivity index (χ3v) is 3.96. The first-order chi connectivity index (χ1) is 11.6. The number of urea groups is 1. The zero-order valence-electron chi connectivity index (χ0n) is 14.1. The van der Waals surface area contributed by atoms with Crippen LogP contribution < -0.4 is 10.2 Å². The summed E-state index contributed by atoms with van der Waals surface area (Å²) in [7, 11) is 0. The van der Waals surface area contributed by atoms with E-state index < -0.39 is 0 Å². The molecule has 3 rings (SSSR count). The fourth-order valence-electron chi connectivity index (χ4n) is 2.55. The summed E-state index contributed by atoms with van der Waals surface area (Å²) in [5.74, 6) is 0. The molecule has 5 nitrogen and oxygen atoms in total. The number of aromatic nitrogens is 2. The second kappa shape index (κ2) is 6.66. The van der Waals surface area contributed by atoms with Gasteiger partial charge < -0.3 is 5.32 Å². The van der Waals surface area contributed by atoms with Gasteiger partial charge in [-0.2, -0.15) is 0 Å². The van der Waals surface area contributed by atoms with Crippen LogP contribution in [0.4, 0.5) is 16.2 Å². The van der Waals surface area contributed by atoms with Crippen LogP contribution in [0.3, 0.4) is 0 Å². The van der Waals surface area contributed by atoms with Crippen LogP contribution in [0.1, 0.15) is 18.3 Å². The average molecular weight is 320 g/mol. The Kier molecular flexibility index (Phi) is 4.42. The van der Waals surface area contributed by atoms with Crippen LogP contribution in [0.2, 0.25) is 0 Å². The number of anilines is 2. The van der Waals surface area contributed by atoms with E-state index in [9.17, 15) is 4.79 Å². The van der Waals surface area contributed by atoms with E-state index in [0.29, 0.717) is 12.2 Å². The molecular formula is C19H20N4O. The molecule has 1 heterocycles. The molecule has 0 aliphatic carbocycles. The molecule has 0 saturated carbocycles. The van der Waals surface area contributed by atoms with E-state index in [-0.39, 0.29) is 6.03 Å². The number of carbonyl (C=O) groups is 1. The Hall–Kier alpha value is -2.95. The van der Waals surface area contributed by atoms with E-state index in [4.69, 9.17) is 0 Å². The molecule has 0 radical (unpaired) electrons. The van der Waals surface area contributed by atoms with E-state index in [2.05, 4.69) is 15.3 Å². The highest BCUT2D eigenvalue weighted by atomic mass is 16.2. The first-order valence-corrected chi connectivity index (χ1v) is 7.97. The van der Waals surface area contributed by atoms with Crippen molar-refractivity contribution < 1.29 is 4.79 Å². The topological polar surface area (TPSA) is 58.1 Å². The fraction of sp³-hybridized carbons (Fsp3) is 0.211. The summed E-state index contributed by atoms with van der Waals surface area (Å²) in [6, 6.07) is 15.0. The summed E-state index contributed by atoms with van der Waals surface area (Å²) in [6.45, 7) is 6.41. The Morgan fingerprint density at radius 2 is 1.67 bits per heavy atom. The molecule has 1 aromatic heterocycles. The third kappa shape index (κ3) is 3.20. The first kappa shape index (κ1) is 15.9. The van der Waals surface area contributed by atoms with E-state index in [1.807, 2.05) is 69.3 Å². The molecule has 0 saturated heterocycles. The third-order valence-electron chi connectivity index (χ3n) is 3.96. The summed E-state index contributed by atoms with van der Waals surface area (Å²) in [6.07, 6.45) is 0. The van der Waals surface area contributed by atoms with Crippen molar-refractivity contribution in [1.82, 2.24) is 9.97 Å². The van der Waals surface area contributed by atoms with Gasteiger partial charge in [0.1, 0.15) is 0 Å². The van der Waals surface area contributed by atoms with Gasteiger partial charge in [-0.15, -0.1) is 0 Å². The number of carbonyl (C=O) groups excluding carboxylic acids is 1. The van der Waals surface area contributed by atoms with Crippen LogP contribution >= 0.6 is 0 Å². The lowest BCUT2D eigenvalue weighted by molar-refractivity contribution is 0.257. The summed E-state index contributed by atoms with van der Waals surface area (Å²) in [5.41, 5.74) is 4.99. The number of amides is 2. The predicted octanol–water partition coefficient (Wildman–Crippen LogP) is 4.31. The van der Waals surface area contributed by atoms with Gasteiger partial charge in [-0.05, 0) is 51.1 Å². The first-order valence-electron chi connectivity index (χ1n) is 7.97. The predicted molar refractivity (Wildman–Crippen MR) is 97.5 cm³/mol. The van der Waals surface area contributed by atoms with Crippen molar-refractivity contribution in [3.8, 4) is 0 Å². The number of hydrogen-bond acceptors (Lipinski definition) is 3. The van der Waals surface area contributed by atoms with Gasteiger partial charge in [0.05, 0.1) is 22.4 Å². The molecule has 0 aliphatic rings. The molecular weight excluding hydrogens is 300 g/mol. The van der Waals surface area contributed by atoms with Gasteiger partial charge in [-0.3, -0.25) is 4.90 Å². The van der Waals surface area contributed by atoms with Crippen molar-refractivity contribution in [2.45, 2.75) is 20.8 Å². The van der Waals surface area contributed by atoms with Gasteiger partial charge in [-0.25, -0.2) is 14.8 Å². The summed E-state index contributed by atoms with van der Waals surface area (Å²) >= 11 is 0. The van der Waals surface area contributed by atoms with Gasteiger partial charge >= 0.3 is 6.03 Å². The maximum absolute atomic E-state index is 12.6. The Balaban J connectivity index is 1.86. The highest BCUT2D eigenvalue weighted by Crippen LogP contribution is 2.19. The van der Waals surface area contributed by atoms with E-state index in [1.165, 1.54) is 0 Å². The summed E-state index contributed by atoms with van der Waals surface area (Å²) in [5, 5.41) is 2.94. The van der Waals surface area contributed by atoms with Gasteiger partial charge in [0.2, 0.25) is 0 Å². The zero-order valence-corrected chi connectivity index (χ0v) is 14.1. The van der Waals surface area contributed by atoms with Crippen LogP contribution in [-0.4, -0.2) is 22.5 Å². The minimum absolute atomic E-state index is 0.167. The van der Waals surface area contributed by atoms with Crippen molar-refractivity contribution in [3.63, 3.8) is 0 Å². The number of aryl methyl sites for hydroxylation is 2. The maximum atomic E-state index is 12.6. The van der Waals surface area contributed by atoms with Crippen molar-refractivity contribution in [2.75, 3.05) is 16.8 Å². The quantitative estimate of drug-likeness (QED) is 0.782. The number of benzene rings is 2. The molecule has 0 aliphatic heterocycles. The molecule has 5 heteroatoms. The Morgan fingerprint density at radius 1 is 1.00 bits per heavy atom. The zero-order chi connectivity index (χ0) is 17.1. The molecule has 2 aromatic carbocycles. The number of para-hydroxylation sites is 1. The van der Waals surface area contributed by atoms with Crippen LogP contribution in [0.15, 0.2) is 48.5 Å². The number of nitrogens with zero attached hydrogens (tertiary/aromatic N) is 3. The molecule has 0 atom stereocenters. The van der Waals surface area contributed by atoms with Gasteiger partial charge in [-0.1, -0.05) is 18.2 Å². The Bertz CT molecular complexity index is 877. The smallest absolute Gasteiger partial charge is 0.307 e. The number of rotatable bonds is 3. The van der Waals surface area contributed by atoms with Crippen molar-refractivity contribution in [2.24, 2.45) is 0 Å². The fourth-order valence-corrected chi connectivity index (χ4v) is 2.55. The van der Waals surface area contributed by atoms with E-state index in [1.54, 1.807) is 4.90 Å². The molecule has 0 bridgehead atoms. The lowest BCUT2D eigenvalue weighted by atomic mass is 10.2. The van der Waals surface area contributed by atoms with Gasteiger partial charge in [0.15, 0.2) is 0 Å². The summed E-state index contributed by atoms with van der Waals surface area (Å²) in [4.78, 5) is 23.3. The molecule has 0 fully saturated rings. The van der Waals surface area contributed by atoms with Crippen LogP contribution in [0, 0.1) is 13.8 Å². The molecule has 1 N–H and O–H groups in total. The minimum atomic E-state index is -0.167. The Morgan fingerprint density at radius 3 is 2.33 bits per heavy atom.